The molecule has 3 rings (SSSR count). The number of carbonyl (C=O) groups excluding carboxylic acids is 1. The van der Waals surface area contributed by atoms with Gasteiger partial charge in [0.05, 0.1) is 23.4 Å². The van der Waals surface area contributed by atoms with Crippen molar-refractivity contribution < 1.29 is 31.1 Å². The summed E-state index contributed by atoms with van der Waals surface area (Å²) in [5, 5.41) is 2.60. The summed E-state index contributed by atoms with van der Waals surface area (Å²) in [5.74, 6) is -1.10. The van der Waals surface area contributed by atoms with Crippen LogP contribution in [-0.4, -0.2) is 15.3 Å². The van der Waals surface area contributed by atoms with E-state index in [0.29, 0.717) is 28.6 Å². The highest BCUT2D eigenvalue weighted by Gasteiger charge is 2.37. The molecule has 0 aliphatic heterocycles. The average molecular weight is 422 g/mol. The van der Waals surface area contributed by atoms with Gasteiger partial charge < -0.3 is 5.32 Å². The molecule has 1 amide bonds. The highest BCUT2D eigenvalue weighted by molar-refractivity contribution is 6.29. The fourth-order valence-corrected chi connectivity index (χ4v) is 2.68. The molecule has 0 unspecified atom stereocenters. The van der Waals surface area contributed by atoms with Gasteiger partial charge >= 0.3 is 12.4 Å². The third-order valence-corrected chi connectivity index (χ3v) is 4.08. The van der Waals surface area contributed by atoms with Gasteiger partial charge in [-0.05, 0) is 30.3 Å². The molecule has 0 atom stereocenters. The summed E-state index contributed by atoms with van der Waals surface area (Å²) in [6, 6.07) is 5.57. The molecule has 0 aliphatic carbocycles. The largest absolute Gasteiger partial charge is 0.416 e. The van der Waals surface area contributed by atoms with Crippen LogP contribution in [0.3, 0.4) is 0 Å². The average Bonchev–Trinajstić information content (AvgIpc) is 3.02. The minimum Gasteiger partial charge on any atom is -0.346 e. The number of alkyl halides is 6. The molecule has 0 fully saturated rings. The number of carbonyl (C=O) groups is 1. The van der Waals surface area contributed by atoms with Crippen molar-refractivity contribution in [3.63, 3.8) is 0 Å². The number of hydrogen-bond acceptors (Lipinski definition) is 2. The lowest BCUT2D eigenvalue weighted by Gasteiger charge is -2.14. The Balaban J connectivity index is 1.85. The standard InChI is InChI=1S/C17H10ClF6N3O/c18-13-2-1-3-14-26-12(8-27(13)14)7-25-15(28)9-4-10(16(19,20)21)6-11(5-9)17(22,23)24/h1-6,8H,7H2,(H,25,28). The molecule has 0 radical (unpaired) electrons. The van der Waals surface area contributed by atoms with Crippen molar-refractivity contribution in [1.82, 2.24) is 14.7 Å². The smallest absolute Gasteiger partial charge is 0.346 e. The first-order chi connectivity index (χ1) is 12.9. The molecule has 0 saturated heterocycles. The molecule has 0 saturated carbocycles. The van der Waals surface area contributed by atoms with E-state index in [0.717, 1.165) is 0 Å². The Bertz CT molecular complexity index is 1010. The van der Waals surface area contributed by atoms with E-state index in [9.17, 15) is 31.1 Å². The molecule has 0 spiro atoms. The van der Waals surface area contributed by atoms with Crippen molar-refractivity contribution in [3.8, 4) is 0 Å². The van der Waals surface area contributed by atoms with Gasteiger partial charge in [-0.2, -0.15) is 26.3 Å². The van der Waals surface area contributed by atoms with Gasteiger partial charge in [0, 0.05) is 11.8 Å². The molecule has 1 aromatic carbocycles. The van der Waals surface area contributed by atoms with Crippen molar-refractivity contribution in [2.75, 3.05) is 0 Å². The number of nitrogens with one attached hydrogen (secondary N) is 1. The van der Waals surface area contributed by atoms with E-state index in [1.807, 2.05) is 0 Å². The second-order valence-electron chi connectivity index (χ2n) is 5.79. The molecule has 3 aromatic rings. The number of imidazole rings is 1. The number of rotatable bonds is 3. The minimum atomic E-state index is -5.03. The molecular formula is C17H10ClF6N3O. The Hall–Kier alpha value is -2.75. The van der Waals surface area contributed by atoms with Crippen molar-refractivity contribution in [3.05, 3.63) is 70.1 Å². The van der Waals surface area contributed by atoms with Crippen LogP contribution in [0.5, 0.6) is 0 Å². The molecule has 2 aromatic heterocycles. The van der Waals surface area contributed by atoms with Crippen LogP contribution in [0.2, 0.25) is 5.15 Å². The third kappa shape index (κ3) is 4.22. The summed E-state index contributed by atoms with van der Waals surface area (Å²) in [6.07, 6.45) is -8.57. The van der Waals surface area contributed by atoms with Gasteiger partial charge in [-0.15, -0.1) is 0 Å². The van der Waals surface area contributed by atoms with Crippen LogP contribution < -0.4 is 5.32 Å². The Morgan fingerprint density at radius 3 is 2.18 bits per heavy atom. The van der Waals surface area contributed by atoms with Crippen LogP contribution >= 0.6 is 11.6 Å². The van der Waals surface area contributed by atoms with Crippen LogP contribution in [0.4, 0.5) is 26.3 Å². The Morgan fingerprint density at radius 2 is 1.64 bits per heavy atom. The highest BCUT2D eigenvalue weighted by Crippen LogP contribution is 2.36. The van der Waals surface area contributed by atoms with Crippen molar-refractivity contribution in [2.45, 2.75) is 18.9 Å². The van der Waals surface area contributed by atoms with Crippen LogP contribution in [0.1, 0.15) is 27.2 Å². The summed E-state index contributed by atoms with van der Waals surface area (Å²) in [6.45, 7) is -0.214. The Morgan fingerprint density at radius 1 is 1.04 bits per heavy atom. The summed E-state index contributed by atoms with van der Waals surface area (Å²) in [4.78, 5) is 16.3. The molecule has 1 N–H and O–H groups in total. The van der Waals surface area contributed by atoms with Gasteiger partial charge in [0.2, 0.25) is 0 Å². The number of aromatic nitrogens is 2. The normalized spacial score (nSPS) is 12.4. The number of hydrogen-bond donors (Lipinski definition) is 1. The molecule has 2 heterocycles. The number of halogens is 7. The summed E-state index contributed by atoms with van der Waals surface area (Å²) in [7, 11) is 0. The monoisotopic (exact) mass is 421 g/mol. The molecule has 0 bridgehead atoms. The van der Waals surface area contributed by atoms with Gasteiger partial charge in [0.15, 0.2) is 0 Å². The number of fused-ring (bicyclic) bond motifs is 1. The van der Waals surface area contributed by atoms with E-state index in [1.54, 1.807) is 18.2 Å². The topological polar surface area (TPSA) is 46.4 Å². The SMILES string of the molecule is O=C(NCc1cn2c(Cl)cccc2n1)c1cc(C(F)(F)F)cc(C(F)(F)F)c1. The Kier molecular flexibility index (Phi) is 5.00. The molecule has 28 heavy (non-hydrogen) atoms. The molecule has 4 nitrogen and oxygen atoms in total. The molecule has 0 aliphatic rings. The maximum absolute atomic E-state index is 12.9. The second-order valence-corrected chi connectivity index (χ2v) is 6.17. The van der Waals surface area contributed by atoms with Crippen LogP contribution in [0.25, 0.3) is 5.65 Å². The molecule has 11 heteroatoms. The van der Waals surface area contributed by atoms with E-state index in [4.69, 9.17) is 11.6 Å². The van der Waals surface area contributed by atoms with Crippen LogP contribution in [0.15, 0.2) is 42.6 Å². The predicted octanol–water partition coefficient (Wildman–Crippen LogP) is 4.96. The number of nitrogens with zero attached hydrogens (tertiary/aromatic N) is 2. The van der Waals surface area contributed by atoms with E-state index in [2.05, 4.69) is 10.3 Å². The predicted molar refractivity (Wildman–Crippen MR) is 87.8 cm³/mol. The fourth-order valence-electron chi connectivity index (χ4n) is 2.47. The summed E-state index contributed by atoms with van der Waals surface area (Å²) < 4.78 is 78.8. The zero-order valence-electron chi connectivity index (χ0n) is 13.7. The summed E-state index contributed by atoms with van der Waals surface area (Å²) >= 11 is 5.97. The van der Waals surface area contributed by atoms with E-state index >= 15 is 0 Å². The van der Waals surface area contributed by atoms with Crippen molar-refractivity contribution in [2.24, 2.45) is 0 Å². The van der Waals surface area contributed by atoms with Gasteiger partial charge in [-0.1, -0.05) is 17.7 Å². The number of amides is 1. The van der Waals surface area contributed by atoms with E-state index in [1.165, 1.54) is 10.6 Å². The van der Waals surface area contributed by atoms with Crippen LogP contribution in [0, 0.1) is 0 Å². The number of pyridine rings is 1. The lowest BCUT2D eigenvalue weighted by atomic mass is 10.0. The number of benzene rings is 1. The second kappa shape index (κ2) is 7.01. The molecule has 148 valence electrons. The van der Waals surface area contributed by atoms with E-state index in [-0.39, 0.29) is 12.6 Å². The van der Waals surface area contributed by atoms with Gasteiger partial charge in [0.1, 0.15) is 10.8 Å². The summed E-state index contributed by atoms with van der Waals surface area (Å²) in [5.41, 5.74) is -3.09. The fraction of sp³-hybridized carbons (Fsp3) is 0.176. The quantitative estimate of drug-likeness (QED) is 0.480. The first-order valence-corrected chi connectivity index (χ1v) is 8.03. The van der Waals surface area contributed by atoms with Gasteiger partial charge in [-0.3, -0.25) is 9.20 Å². The van der Waals surface area contributed by atoms with Crippen molar-refractivity contribution >= 4 is 23.2 Å². The molecular weight excluding hydrogens is 412 g/mol. The van der Waals surface area contributed by atoms with E-state index < -0.39 is 35.0 Å². The highest BCUT2D eigenvalue weighted by atomic mass is 35.5. The zero-order chi connectivity index (χ0) is 20.7. The Labute approximate surface area is 158 Å². The zero-order valence-corrected chi connectivity index (χ0v) is 14.5. The lowest BCUT2D eigenvalue weighted by Crippen LogP contribution is -2.24. The maximum atomic E-state index is 12.9. The van der Waals surface area contributed by atoms with Gasteiger partial charge in [0.25, 0.3) is 5.91 Å². The third-order valence-electron chi connectivity index (χ3n) is 3.77. The van der Waals surface area contributed by atoms with Crippen molar-refractivity contribution in [1.29, 1.82) is 0 Å². The maximum Gasteiger partial charge on any atom is 0.416 e. The first kappa shape index (κ1) is 20.0. The van der Waals surface area contributed by atoms with Gasteiger partial charge in [-0.25, -0.2) is 4.98 Å². The van der Waals surface area contributed by atoms with Crippen LogP contribution in [-0.2, 0) is 18.9 Å². The first-order valence-electron chi connectivity index (χ1n) is 7.65. The minimum absolute atomic E-state index is 0.0408. The lowest BCUT2D eigenvalue weighted by molar-refractivity contribution is -0.143.